The summed E-state index contributed by atoms with van der Waals surface area (Å²) in [4.78, 5) is 15.3. The van der Waals surface area contributed by atoms with Gasteiger partial charge in [-0.15, -0.1) is 0 Å². The SMILES string of the molecule is Cc1cc(C(=O)NC2CCN(Cc3ccc(F)cc3)CC2)cc(S(=O)(=O)N(C)C)c1C. The van der Waals surface area contributed by atoms with Crippen molar-refractivity contribution in [3.63, 3.8) is 0 Å². The lowest BCUT2D eigenvalue weighted by Gasteiger charge is -2.32. The van der Waals surface area contributed by atoms with Gasteiger partial charge in [0.15, 0.2) is 0 Å². The van der Waals surface area contributed by atoms with Crippen molar-refractivity contribution < 1.29 is 17.6 Å². The van der Waals surface area contributed by atoms with E-state index in [4.69, 9.17) is 0 Å². The summed E-state index contributed by atoms with van der Waals surface area (Å²) in [5.41, 5.74) is 2.84. The number of benzene rings is 2. The second-order valence-electron chi connectivity index (χ2n) is 8.35. The first-order valence-corrected chi connectivity index (χ1v) is 11.8. The molecule has 0 atom stereocenters. The van der Waals surface area contributed by atoms with Crippen LogP contribution in [0, 0.1) is 19.7 Å². The van der Waals surface area contributed by atoms with Crippen molar-refractivity contribution in [3.8, 4) is 0 Å². The first-order valence-electron chi connectivity index (χ1n) is 10.4. The maximum Gasteiger partial charge on any atom is 0.251 e. The molecule has 0 unspecified atom stereocenters. The van der Waals surface area contributed by atoms with Gasteiger partial charge in [-0.1, -0.05) is 12.1 Å². The van der Waals surface area contributed by atoms with Crippen molar-refractivity contribution in [2.75, 3.05) is 27.2 Å². The van der Waals surface area contributed by atoms with Crippen LogP contribution in [0.2, 0.25) is 0 Å². The minimum atomic E-state index is -3.64. The second kappa shape index (κ2) is 9.46. The molecule has 0 bridgehead atoms. The molecule has 0 aromatic heterocycles. The fourth-order valence-electron chi connectivity index (χ4n) is 3.77. The molecule has 168 valence electrons. The highest BCUT2D eigenvalue weighted by Crippen LogP contribution is 2.24. The molecule has 1 amide bonds. The van der Waals surface area contributed by atoms with Gasteiger partial charge in [0, 0.05) is 45.3 Å². The van der Waals surface area contributed by atoms with Gasteiger partial charge in [0.25, 0.3) is 5.91 Å². The second-order valence-corrected chi connectivity index (χ2v) is 10.5. The van der Waals surface area contributed by atoms with Gasteiger partial charge in [-0.05, 0) is 67.6 Å². The van der Waals surface area contributed by atoms with Gasteiger partial charge >= 0.3 is 0 Å². The van der Waals surface area contributed by atoms with E-state index < -0.39 is 10.0 Å². The molecule has 2 aromatic rings. The van der Waals surface area contributed by atoms with E-state index in [1.807, 2.05) is 6.92 Å². The lowest BCUT2D eigenvalue weighted by Crippen LogP contribution is -2.44. The molecule has 8 heteroatoms. The van der Waals surface area contributed by atoms with E-state index in [1.165, 1.54) is 32.3 Å². The van der Waals surface area contributed by atoms with E-state index in [0.717, 1.165) is 47.9 Å². The highest BCUT2D eigenvalue weighted by atomic mass is 32.2. The number of hydrogen-bond acceptors (Lipinski definition) is 4. The van der Waals surface area contributed by atoms with Crippen LogP contribution in [0.15, 0.2) is 41.3 Å². The van der Waals surface area contributed by atoms with Crippen LogP contribution < -0.4 is 5.32 Å². The molecule has 1 aliphatic heterocycles. The Morgan fingerprint density at radius 3 is 2.32 bits per heavy atom. The maximum absolute atomic E-state index is 13.1. The number of aryl methyl sites for hydroxylation is 1. The van der Waals surface area contributed by atoms with Crippen molar-refractivity contribution in [2.45, 2.75) is 44.2 Å². The molecule has 31 heavy (non-hydrogen) atoms. The zero-order valence-corrected chi connectivity index (χ0v) is 19.3. The topological polar surface area (TPSA) is 69.7 Å². The Balaban J connectivity index is 1.63. The minimum absolute atomic E-state index is 0.0347. The standard InChI is InChI=1S/C23H30FN3O3S/c1-16-13-19(14-22(17(16)2)31(29,30)26(3)4)23(28)25-21-9-11-27(12-10-21)15-18-5-7-20(24)8-6-18/h5-8,13-14,21H,9-12,15H2,1-4H3,(H,25,28). The molecule has 2 aromatic carbocycles. The number of amides is 1. The van der Waals surface area contributed by atoms with Gasteiger partial charge in [-0.2, -0.15) is 0 Å². The van der Waals surface area contributed by atoms with Gasteiger partial charge in [-0.25, -0.2) is 17.1 Å². The molecule has 1 heterocycles. The fourth-order valence-corrected chi connectivity index (χ4v) is 4.99. The van der Waals surface area contributed by atoms with Crippen LogP contribution in [0.1, 0.15) is 39.9 Å². The van der Waals surface area contributed by atoms with Crippen LogP contribution in [-0.4, -0.2) is 56.8 Å². The Hall–Kier alpha value is -2.29. The van der Waals surface area contributed by atoms with E-state index in [0.29, 0.717) is 11.1 Å². The van der Waals surface area contributed by atoms with Crippen LogP contribution in [0.25, 0.3) is 0 Å². The number of rotatable bonds is 6. The van der Waals surface area contributed by atoms with Crippen LogP contribution >= 0.6 is 0 Å². The first kappa shape index (κ1) is 23.4. The number of carbonyl (C=O) groups is 1. The molecule has 6 nitrogen and oxygen atoms in total. The van der Waals surface area contributed by atoms with Crippen LogP contribution in [0.5, 0.6) is 0 Å². The van der Waals surface area contributed by atoms with Crippen LogP contribution in [0.4, 0.5) is 4.39 Å². The van der Waals surface area contributed by atoms with Crippen molar-refractivity contribution in [1.82, 2.24) is 14.5 Å². The zero-order chi connectivity index (χ0) is 22.8. The Labute approximate surface area is 184 Å². The Bertz CT molecular complexity index is 1040. The maximum atomic E-state index is 13.1. The number of nitrogens with zero attached hydrogens (tertiary/aromatic N) is 2. The Kier molecular flexibility index (Phi) is 7.13. The van der Waals surface area contributed by atoms with Crippen LogP contribution in [0.3, 0.4) is 0 Å². The van der Waals surface area contributed by atoms with E-state index in [2.05, 4.69) is 10.2 Å². The average Bonchev–Trinajstić information content (AvgIpc) is 2.72. The lowest BCUT2D eigenvalue weighted by atomic mass is 10.0. The number of hydrogen-bond donors (Lipinski definition) is 1. The largest absolute Gasteiger partial charge is 0.349 e. The highest BCUT2D eigenvalue weighted by molar-refractivity contribution is 7.89. The summed E-state index contributed by atoms with van der Waals surface area (Å²) in [6.45, 7) is 5.98. The molecule has 0 spiro atoms. The van der Waals surface area contributed by atoms with Crippen molar-refractivity contribution in [3.05, 3.63) is 64.5 Å². The Morgan fingerprint density at radius 2 is 1.74 bits per heavy atom. The van der Waals surface area contributed by atoms with Crippen molar-refractivity contribution in [1.29, 1.82) is 0 Å². The summed E-state index contributed by atoms with van der Waals surface area (Å²) in [6.07, 6.45) is 1.61. The monoisotopic (exact) mass is 447 g/mol. The number of carbonyl (C=O) groups excluding carboxylic acids is 1. The third-order valence-corrected chi connectivity index (χ3v) is 7.82. The number of piperidine rings is 1. The summed E-state index contributed by atoms with van der Waals surface area (Å²) in [7, 11) is -0.670. The molecule has 1 fully saturated rings. The van der Waals surface area contributed by atoms with E-state index in [1.54, 1.807) is 25.1 Å². The quantitative estimate of drug-likeness (QED) is 0.739. The molecule has 1 aliphatic rings. The number of sulfonamides is 1. The van der Waals surface area contributed by atoms with E-state index in [-0.39, 0.29) is 22.7 Å². The molecule has 1 saturated heterocycles. The van der Waals surface area contributed by atoms with Crippen molar-refractivity contribution >= 4 is 15.9 Å². The van der Waals surface area contributed by atoms with Crippen molar-refractivity contribution in [2.24, 2.45) is 0 Å². The summed E-state index contributed by atoms with van der Waals surface area (Å²) >= 11 is 0. The minimum Gasteiger partial charge on any atom is -0.349 e. The summed E-state index contributed by atoms with van der Waals surface area (Å²) in [5.74, 6) is -0.492. The lowest BCUT2D eigenvalue weighted by molar-refractivity contribution is 0.0908. The van der Waals surface area contributed by atoms with Gasteiger partial charge in [-0.3, -0.25) is 9.69 Å². The first-order chi connectivity index (χ1) is 14.6. The average molecular weight is 448 g/mol. The van der Waals surface area contributed by atoms with Gasteiger partial charge < -0.3 is 5.32 Å². The molecule has 0 saturated carbocycles. The smallest absolute Gasteiger partial charge is 0.251 e. The summed E-state index contributed by atoms with van der Waals surface area (Å²) in [6, 6.07) is 9.77. The molecule has 1 N–H and O–H groups in total. The molecular formula is C23H30FN3O3S. The molecule has 0 aliphatic carbocycles. The third-order valence-electron chi connectivity index (χ3n) is 5.88. The zero-order valence-electron chi connectivity index (χ0n) is 18.5. The van der Waals surface area contributed by atoms with Gasteiger partial charge in [0.2, 0.25) is 10.0 Å². The number of nitrogens with one attached hydrogen (secondary N) is 1. The summed E-state index contributed by atoms with van der Waals surface area (Å²) < 4.78 is 39.5. The number of likely N-dealkylation sites (tertiary alicyclic amines) is 1. The van der Waals surface area contributed by atoms with Gasteiger partial charge in [0.1, 0.15) is 5.82 Å². The number of halogens is 1. The van der Waals surface area contributed by atoms with E-state index in [9.17, 15) is 17.6 Å². The molecule has 0 radical (unpaired) electrons. The van der Waals surface area contributed by atoms with E-state index >= 15 is 0 Å². The highest BCUT2D eigenvalue weighted by Gasteiger charge is 2.25. The Morgan fingerprint density at radius 1 is 1.13 bits per heavy atom. The van der Waals surface area contributed by atoms with Crippen LogP contribution in [-0.2, 0) is 16.6 Å². The predicted molar refractivity (Wildman–Crippen MR) is 119 cm³/mol. The molecule has 3 rings (SSSR count). The molecular weight excluding hydrogens is 417 g/mol. The third kappa shape index (κ3) is 5.50. The summed E-state index contributed by atoms with van der Waals surface area (Å²) in [5, 5.41) is 3.06. The predicted octanol–water partition coefficient (Wildman–Crippen LogP) is 3.09. The van der Waals surface area contributed by atoms with Gasteiger partial charge in [0.05, 0.1) is 4.90 Å². The fraction of sp³-hybridized carbons (Fsp3) is 0.435. The normalized spacial score (nSPS) is 15.9.